The van der Waals surface area contributed by atoms with Gasteiger partial charge < -0.3 is 4.90 Å². The molecule has 0 aliphatic carbocycles. The van der Waals surface area contributed by atoms with Crippen LogP contribution in [0.4, 0.5) is 17.6 Å². The van der Waals surface area contributed by atoms with Crippen LogP contribution in [0, 0.1) is 5.82 Å². The molecule has 0 aliphatic rings. The van der Waals surface area contributed by atoms with Crippen molar-refractivity contribution in [1.29, 1.82) is 0 Å². The molecule has 0 N–H and O–H groups in total. The van der Waals surface area contributed by atoms with E-state index in [1.807, 2.05) is 0 Å². The van der Waals surface area contributed by atoms with E-state index in [2.05, 4.69) is 0 Å². The molecule has 94 valence electrons. The first-order chi connectivity index (χ1) is 7.70. The van der Waals surface area contributed by atoms with E-state index in [0.29, 0.717) is 4.90 Å². The third kappa shape index (κ3) is 3.89. The molecule has 1 aromatic rings. The molecule has 2 nitrogen and oxygen atoms in total. The maximum Gasteiger partial charge on any atom is 0.406 e. The predicted molar refractivity (Wildman–Crippen MR) is 54.4 cm³/mol. The summed E-state index contributed by atoms with van der Waals surface area (Å²) in [6.07, 6.45) is -4.49. The minimum absolute atomic E-state index is 0.167. The van der Waals surface area contributed by atoms with E-state index in [1.54, 1.807) is 0 Å². The molecule has 1 rings (SSSR count). The van der Waals surface area contributed by atoms with Crippen molar-refractivity contribution in [3.05, 3.63) is 34.6 Å². The van der Waals surface area contributed by atoms with Crippen molar-refractivity contribution in [3.8, 4) is 0 Å². The van der Waals surface area contributed by atoms with E-state index in [4.69, 9.17) is 11.6 Å². The van der Waals surface area contributed by atoms with Crippen LogP contribution in [0.5, 0.6) is 0 Å². The molecular weight excluding hydrogens is 262 g/mol. The molecule has 17 heavy (non-hydrogen) atoms. The minimum Gasteiger partial charge on any atom is -0.333 e. The van der Waals surface area contributed by atoms with Crippen molar-refractivity contribution in [2.24, 2.45) is 0 Å². The molecule has 0 fully saturated rings. The number of rotatable bonds is 2. The highest BCUT2D eigenvalue weighted by Gasteiger charge is 2.31. The van der Waals surface area contributed by atoms with Gasteiger partial charge in [0, 0.05) is 7.05 Å². The van der Waals surface area contributed by atoms with Crippen molar-refractivity contribution in [2.75, 3.05) is 13.6 Å². The Labute approximate surface area is 99.8 Å². The molecule has 1 aromatic carbocycles. The van der Waals surface area contributed by atoms with Crippen LogP contribution in [0.1, 0.15) is 10.4 Å². The van der Waals surface area contributed by atoms with Gasteiger partial charge in [-0.15, -0.1) is 0 Å². The number of hydrogen-bond donors (Lipinski definition) is 0. The van der Waals surface area contributed by atoms with Crippen LogP contribution in [0.25, 0.3) is 0 Å². The highest BCUT2D eigenvalue weighted by molar-refractivity contribution is 6.33. The summed E-state index contributed by atoms with van der Waals surface area (Å²) in [5, 5.41) is -0.218. The lowest BCUT2D eigenvalue weighted by Crippen LogP contribution is -2.35. The van der Waals surface area contributed by atoms with Gasteiger partial charge in [-0.1, -0.05) is 11.6 Å². The fraction of sp³-hybridized carbons (Fsp3) is 0.300. The third-order valence-electron chi connectivity index (χ3n) is 1.92. The van der Waals surface area contributed by atoms with Gasteiger partial charge in [0.05, 0.1) is 10.6 Å². The van der Waals surface area contributed by atoms with Crippen molar-refractivity contribution >= 4 is 17.5 Å². The number of halogens is 5. The molecule has 0 unspecified atom stereocenters. The van der Waals surface area contributed by atoms with Crippen molar-refractivity contribution in [2.45, 2.75) is 6.18 Å². The smallest absolute Gasteiger partial charge is 0.333 e. The van der Waals surface area contributed by atoms with Crippen molar-refractivity contribution < 1.29 is 22.4 Å². The second kappa shape index (κ2) is 4.91. The van der Waals surface area contributed by atoms with Crippen LogP contribution < -0.4 is 0 Å². The summed E-state index contributed by atoms with van der Waals surface area (Å²) in [5.74, 6) is -1.57. The normalized spacial score (nSPS) is 11.4. The van der Waals surface area contributed by atoms with Gasteiger partial charge in [-0.2, -0.15) is 13.2 Å². The number of carbonyl (C=O) groups excluding carboxylic acids is 1. The van der Waals surface area contributed by atoms with Crippen LogP contribution in [-0.2, 0) is 0 Å². The predicted octanol–water partition coefficient (Wildman–Crippen LogP) is 3.11. The van der Waals surface area contributed by atoms with E-state index < -0.39 is 24.4 Å². The lowest BCUT2D eigenvalue weighted by Gasteiger charge is -2.19. The summed E-state index contributed by atoms with van der Waals surface area (Å²) in [6, 6.07) is 2.88. The molecule has 0 saturated heterocycles. The van der Waals surface area contributed by atoms with Gasteiger partial charge in [-0.25, -0.2) is 4.39 Å². The van der Waals surface area contributed by atoms with Crippen LogP contribution in [0.3, 0.4) is 0 Å². The van der Waals surface area contributed by atoms with Crippen molar-refractivity contribution in [3.63, 3.8) is 0 Å². The van der Waals surface area contributed by atoms with Gasteiger partial charge in [-0.3, -0.25) is 4.79 Å². The van der Waals surface area contributed by atoms with Gasteiger partial charge in [0.15, 0.2) is 0 Å². The first kappa shape index (κ1) is 13.8. The second-order valence-corrected chi connectivity index (χ2v) is 3.81. The van der Waals surface area contributed by atoms with E-state index >= 15 is 0 Å². The summed E-state index contributed by atoms with van der Waals surface area (Å²) in [5.41, 5.74) is -0.167. The highest BCUT2D eigenvalue weighted by Crippen LogP contribution is 2.21. The molecule has 0 spiro atoms. The summed E-state index contributed by atoms with van der Waals surface area (Å²) in [7, 11) is 0.996. The standard InChI is InChI=1S/C10H8ClF4NO/c1-16(5-10(13,14)15)9(17)7-3-2-6(12)4-8(7)11/h2-4H,5H2,1H3. The Morgan fingerprint density at radius 3 is 2.47 bits per heavy atom. The quantitative estimate of drug-likeness (QED) is 0.756. The summed E-state index contributed by atoms with van der Waals surface area (Å²) < 4.78 is 48.9. The van der Waals surface area contributed by atoms with Gasteiger partial charge >= 0.3 is 6.18 Å². The van der Waals surface area contributed by atoms with Crippen molar-refractivity contribution in [1.82, 2.24) is 4.90 Å². The molecule has 0 saturated carbocycles. The van der Waals surface area contributed by atoms with Crippen LogP contribution in [0.2, 0.25) is 5.02 Å². The number of hydrogen-bond acceptors (Lipinski definition) is 1. The summed E-state index contributed by atoms with van der Waals surface area (Å²) in [4.78, 5) is 12.0. The van der Waals surface area contributed by atoms with Gasteiger partial charge in [-0.05, 0) is 18.2 Å². The first-order valence-electron chi connectivity index (χ1n) is 4.48. The lowest BCUT2D eigenvalue weighted by atomic mass is 10.2. The zero-order chi connectivity index (χ0) is 13.2. The summed E-state index contributed by atoms with van der Waals surface area (Å²) >= 11 is 5.57. The number of alkyl halides is 3. The molecule has 0 aromatic heterocycles. The Morgan fingerprint density at radius 1 is 1.41 bits per heavy atom. The Bertz CT molecular complexity index is 433. The fourth-order valence-electron chi connectivity index (χ4n) is 1.21. The van der Waals surface area contributed by atoms with E-state index in [9.17, 15) is 22.4 Å². The number of benzene rings is 1. The molecule has 7 heteroatoms. The fourth-order valence-corrected chi connectivity index (χ4v) is 1.46. The van der Waals surface area contributed by atoms with E-state index in [1.165, 1.54) is 0 Å². The zero-order valence-corrected chi connectivity index (χ0v) is 9.44. The average molecular weight is 270 g/mol. The Morgan fingerprint density at radius 2 is 2.00 bits per heavy atom. The van der Waals surface area contributed by atoms with Crippen LogP contribution in [-0.4, -0.2) is 30.6 Å². The van der Waals surface area contributed by atoms with E-state index in [0.717, 1.165) is 25.2 Å². The maximum atomic E-state index is 12.7. The Kier molecular flexibility index (Phi) is 3.98. The second-order valence-electron chi connectivity index (χ2n) is 3.40. The average Bonchev–Trinajstić information content (AvgIpc) is 2.14. The molecule has 1 amide bonds. The number of amides is 1. The van der Waals surface area contributed by atoms with Gasteiger partial charge in [0.2, 0.25) is 0 Å². The van der Waals surface area contributed by atoms with E-state index in [-0.39, 0.29) is 10.6 Å². The summed E-state index contributed by atoms with van der Waals surface area (Å²) in [6.45, 7) is -1.39. The third-order valence-corrected chi connectivity index (χ3v) is 2.24. The first-order valence-corrected chi connectivity index (χ1v) is 4.86. The minimum atomic E-state index is -4.49. The molecule has 0 bridgehead atoms. The number of carbonyl (C=O) groups is 1. The van der Waals surface area contributed by atoms with Crippen LogP contribution in [0.15, 0.2) is 18.2 Å². The number of nitrogens with zero attached hydrogens (tertiary/aromatic N) is 1. The SMILES string of the molecule is CN(CC(F)(F)F)C(=O)c1ccc(F)cc1Cl. The zero-order valence-electron chi connectivity index (χ0n) is 8.68. The molecule has 0 aliphatic heterocycles. The Hall–Kier alpha value is -1.30. The highest BCUT2D eigenvalue weighted by atomic mass is 35.5. The topological polar surface area (TPSA) is 20.3 Å². The van der Waals surface area contributed by atoms with Crippen LogP contribution >= 0.6 is 11.6 Å². The molecule has 0 atom stereocenters. The molecular formula is C10H8ClF4NO. The Balaban J connectivity index is 2.89. The van der Waals surface area contributed by atoms with Gasteiger partial charge in [0.1, 0.15) is 12.4 Å². The molecule has 0 heterocycles. The van der Waals surface area contributed by atoms with Gasteiger partial charge in [0.25, 0.3) is 5.91 Å². The monoisotopic (exact) mass is 269 g/mol. The largest absolute Gasteiger partial charge is 0.406 e. The maximum absolute atomic E-state index is 12.7. The lowest BCUT2D eigenvalue weighted by molar-refractivity contribution is -0.138. The molecule has 0 radical (unpaired) electrons.